The Kier molecular flexibility index (Phi) is 3.95. The SMILES string of the molecule is CC(C)C1CCCCC1NS(C)(=N)=O. The Balaban J connectivity index is 2.63. The minimum Gasteiger partial charge on any atom is -0.241 e. The van der Waals surface area contributed by atoms with Crippen LogP contribution >= 0.6 is 0 Å². The Labute approximate surface area is 87.8 Å². The molecule has 0 spiro atoms. The van der Waals surface area contributed by atoms with Crippen molar-refractivity contribution in [1.29, 1.82) is 4.78 Å². The molecule has 0 bridgehead atoms. The van der Waals surface area contributed by atoms with Crippen LogP contribution in [-0.4, -0.2) is 16.5 Å². The van der Waals surface area contributed by atoms with Gasteiger partial charge in [0.05, 0.1) is 0 Å². The molecule has 0 aromatic rings. The first-order valence-electron chi connectivity index (χ1n) is 5.41. The van der Waals surface area contributed by atoms with Crippen molar-refractivity contribution in [2.45, 2.75) is 45.6 Å². The molecule has 3 atom stereocenters. The quantitative estimate of drug-likeness (QED) is 0.751. The van der Waals surface area contributed by atoms with Gasteiger partial charge in [-0.2, -0.15) is 0 Å². The van der Waals surface area contributed by atoms with E-state index in [1.807, 2.05) is 0 Å². The van der Waals surface area contributed by atoms with Gasteiger partial charge < -0.3 is 0 Å². The van der Waals surface area contributed by atoms with Gasteiger partial charge in [0.25, 0.3) is 0 Å². The Morgan fingerprint density at radius 3 is 2.43 bits per heavy atom. The predicted molar refractivity (Wildman–Crippen MR) is 60.5 cm³/mol. The molecule has 1 saturated carbocycles. The second-order valence-electron chi connectivity index (χ2n) is 4.76. The maximum absolute atomic E-state index is 11.4. The molecule has 0 amide bonds. The van der Waals surface area contributed by atoms with E-state index in [1.165, 1.54) is 25.5 Å². The highest BCUT2D eigenvalue weighted by Crippen LogP contribution is 2.30. The van der Waals surface area contributed by atoms with Crippen LogP contribution < -0.4 is 4.72 Å². The molecule has 1 rings (SSSR count). The van der Waals surface area contributed by atoms with Crippen molar-refractivity contribution in [2.75, 3.05) is 6.26 Å². The van der Waals surface area contributed by atoms with Gasteiger partial charge in [-0.15, -0.1) is 0 Å². The van der Waals surface area contributed by atoms with Crippen molar-refractivity contribution in [3.8, 4) is 0 Å². The van der Waals surface area contributed by atoms with Crippen molar-refractivity contribution in [3.05, 3.63) is 0 Å². The molecule has 0 aromatic heterocycles. The monoisotopic (exact) mass is 218 g/mol. The molecule has 0 aromatic carbocycles. The fraction of sp³-hybridized carbons (Fsp3) is 1.00. The molecule has 14 heavy (non-hydrogen) atoms. The second-order valence-corrected chi connectivity index (χ2v) is 6.68. The molecule has 4 heteroatoms. The van der Waals surface area contributed by atoms with E-state index in [0.29, 0.717) is 17.9 Å². The number of rotatable bonds is 3. The van der Waals surface area contributed by atoms with E-state index < -0.39 is 9.92 Å². The highest BCUT2D eigenvalue weighted by atomic mass is 32.2. The van der Waals surface area contributed by atoms with Gasteiger partial charge in [-0.25, -0.2) is 13.7 Å². The molecule has 2 N–H and O–H groups in total. The maximum atomic E-state index is 11.4. The molecule has 3 unspecified atom stereocenters. The number of hydrogen-bond acceptors (Lipinski definition) is 2. The summed E-state index contributed by atoms with van der Waals surface area (Å²) in [5, 5.41) is 0. The molecule has 0 saturated heterocycles. The van der Waals surface area contributed by atoms with Gasteiger partial charge in [-0.05, 0) is 24.7 Å². The lowest BCUT2D eigenvalue weighted by molar-refractivity contribution is 0.227. The average Bonchev–Trinajstić information content (AvgIpc) is 2.01. The van der Waals surface area contributed by atoms with Crippen molar-refractivity contribution >= 4 is 9.92 Å². The molecule has 0 aliphatic heterocycles. The highest BCUT2D eigenvalue weighted by molar-refractivity contribution is 7.89. The lowest BCUT2D eigenvalue weighted by Gasteiger charge is -2.34. The summed E-state index contributed by atoms with van der Waals surface area (Å²) >= 11 is 0. The summed E-state index contributed by atoms with van der Waals surface area (Å²) in [6.45, 7) is 4.43. The van der Waals surface area contributed by atoms with Crippen LogP contribution in [-0.2, 0) is 9.92 Å². The maximum Gasteiger partial charge on any atom is 0.102 e. The van der Waals surface area contributed by atoms with E-state index in [1.54, 1.807) is 0 Å². The third kappa shape index (κ3) is 3.58. The van der Waals surface area contributed by atoms with Crippen LogP contribution in [0.1, 0.15) is 39.5 Å². The van der Waals surface area contributed by atoms with Gasteiger partial charge in [0.15, 0.2) is 0 Å². The van der Waals surface area contributed by atoms with Gasteiger partial charge in [0.2, 0.25) is 0 Å². The topological polar surface area (TPSA) is 53.0 Å². The van der Waals surface area contributed by atoms with E-state index in [2.05, 4.69) is 18.6 Å². The normalized spacial score (nSPS) is 32.9. The summed E-state index contributed by atoms with van der Waals surface area (Å²) in [5.74, 6) is 1.21. The van der Waals surface area contributed by atoms with E-state index in [4.69, 9.17) is 4.78 Å². The molecular formula is C10H22N2OS. The molecule has 1 aliphatic carbocycles. The molecule has 1 aliphatic rings. The van der Waals surface area contributed by atoms with E-state index in [9.17, 15) is 4.21 Å². The highest BCUT2D eigenvalue weighted by Gasteiger charge is 2.28. The zero-order valence-corrected chi connectivity index (χ0v) is 10.2. The summed E-state index contributed by atoms with van der Waals surface area (Å²) in [5.41, 5.74) is 0. The van der Waals surface area contributed by atoms with Gasteiger partial charge >= 0.3 is 0 Å². The smallest absolute Gasteiger partial charge is 0.102 e. The van der Waals surface area contributed by atoms with Crippen LogP contribution in [0.25, 0.3) is 0 Å². The summed E-state index contributed by atoms with van der Waals surface area (Å²) in [4.78, 5) is 0. The van der Waals surface area contributed by atoms with Crippen molar-refractivity contribution < 1.29 is 4.21 Å². The van der Waals surface area contributed by atoms with Crippen LogP contribution in [0.3, 0.4) is 0 Å². The van der Waals surface area contributed by atoms with Gasteiger partial charge in [0, 0.05) is 12.3 Å². The molecule has 0 heterocycles. The largest absolute Gasteiger partial charge is 0.241 e. The first-order valence-corrected chi connectivity index (χ1v) is 7.38. The lowest BCUT2D eigenvalue weighted by Crippen LogP contribution is -2.42. The standard InChI is InChI=1S/C10H22N2OS/c1-8(2)9-6-4-5-7-10(9)12-14(3,11)13/h8-10H,4-7H2,1-3H3,(H2,11,12,13). The number of nitrogens with one attached hydrogen (secondary N) is 2. The fourth-order valence-electron chi connectivity index (χ4n) is 2.39. The van der Waals surface area contributed by atoms with Crippen molar-refractivity contribution in [3.63, 3.8) is 0 Å². The molecule has 0 radical (unpaired) electrons. The van der Waals surface area contributed by atoms with Crippen molar-refractivity contribution in [2.24, 2.45) is 11.8 Å². The third-order valence-corrected chi connectivity index (χ3v) is 3.80. The minimum absolute atomic E-state index is 0.291. The molecule has 1 fully saturated rings. The Bertz CT molecular complexity index is 272. The van der Waals surface area contributed by atoms with Crippen LogP contribution in [0.4, 0.5) is 0 Å². The van der Waals surface area contributed by atoms with Gasteiger partial charge in [0.1, 0.15) is 9.92 Å². The summed E-state index contributed by atoms with van der Waals surface area (Å²) in [6.07, 6.45) is 6.25. The first-order chi connectivity index (χ1) is 6.40. The Hall–Kier alpha value is -0.0900. The van der Waals surface area contributed by atoms with Gasteiger partial charge in [-0.3, -0.25) is 0 Å². The zero-order chi connectivity index (χ0) is 10.8. The summed E-state index contributed by atoms with van der Waals surface area (Å²) in [6, 6.07) is 0.291. The predicted octanol–water partition coefficient (Wildman–Crippen LogP) is 2.38. The lowest BCUT2D eigenvalue weighted by atomic mass is 9.78. The van der Waals surface area contributed by atoms with E-state index in [0.717, 1.165) is 6.42 Å². The molecule has 84 valence electrons. The molecular weight excluding hydrogens is 196 g/mol. The summed E-state index contributed by atoms with van der Waals surface area (Å²) in [7, 11) is -2.54. The van der Waals surface area contributed by atoms with Crippen LogP contribution in [0.5, 0.6) is 0 Å². The van der Waals surface area contributed by atoms with Crippen LogP contribution in [0.2, 0.25) is 0 Å². The van der Waals surface area contributed by atoms with Crippen LogP contribution in [0.15, 0.2) is 0 Å². The van der Waals surface area contributed by atoms with Gasteiger partial charge in [-0.1, -0.05) is 26.7 Å². The van der Waals surface area contributed by atoms with Crippen molar-refractivity contribution in [1.82, 2.24) is 4.72 Å². The first kappa shape index (κ1) is 12.0. The Morgan fingerprint density at radius 2 is 1.93 bits per heavy atom. The zero-order valence-electron chi connectivity index (χ0n) is 9.38. The summed E-state index contributed by atoms with van der Waals surface area (Å²) < 4.78 is 21.8. The van der Waals surface area contributed by atoms with E-state index in [-0.39, 0.29) is 0 Å². The minimum atomic E-state index is -2.54. The average molecular weight is 218 g/mol. The Morgan fingerprint density at radius 1 is 1.36 bits per heavy atom. The van der Waals surface area contributed by atoms with E-state index >= 15 is 0 Å². The van der Waals surface area contributed by atoms with Crippen LogP contribution in [0, 0.1) is 16.6 Å². The fourth-order valence-corrected chi connectivity index (χ4v) is 3.26. The third-order valence-electron chi connectivity index (χ3n) is 3.05. The second kappa shape index (κ2) is 4.62. The molecule has 3 nitrogen and oxygen atoms in total. The number of hydrogen-bond donors (Lipinski definition) is 2.